The number of likely N-dealkylation sites (tertiary alicyclic amines) is 2. The average molecular weight is 443 g/mol. The number of carbonyl (C=O) groups excluding carboxylic acids is 2. The Morgan fingerprint density at radius 2 is 1.69 bits per heavy atom. The monoisotopic (exact) mass is 442 g/mol. The minimum absolute atomic E-state index is 0.0294. The van der Waals surface area contributed by atoms with Crippen molar-refractivity contribution in [2.24, 2.45) is 5.92 Å². The summed E-state index contributed by atoms with van der Waals surface area (Å²) in [6.45, 7) is 2.90. The number of benzene rings is 2. The van der Waals surface area contributed by atoms with Gasteiger partial charge in [-0.3, -0.25) is 9.59 Å². The summed E-state index contributed by atoms with van der Waals surface area (Å²) in [5.41, 5.74) is 0.377. The molecule has 0 saturated carbocycles. The van der Waals surface area contributed by atoms with Crippen LogP contribution in [0.25, 0.3) is 0 Å². The van der Waals surface area contributed by atoms with Crippen molar-refractivity contribution < 1.29 is 23.1 Å². The summed E-state index contributed by atoms with van der Waals surface area (Å²) in [6.07, 6.45) is 4.89. The standard InChI is InChI=1S/C25H28F2N2O3/c26-20-9-10-23(27)22(15-20)25(31)29-13-5-6-18(16-29)17-32-21-8-4-7-19(14-21)24(30)28-11-2-1-3-12-28/h4,7-10,14-15,18H,1-3,5-6,11-13,16-17H2/t18-/m0/s1. The van der Waals surface area contributed by atoms with Crippen molar-refractivity contribution in [2.75, 3.05) is 32.8 Å². The van der Waals surface area contributed by atoms with E-state index in [0.717, 1.165) is 57.0 Å². The van der Waals surface area contributed by atoms with Crippen molar-refractivity contribution in [1.29, 1.82) is 0 Å². The Balaban J connectivity index is 1.35. The second-order valence-electron chi connectivity index (χ2n) is 8.58. The Morgan fingerprint density at radius 3 is 2.50 bits per heavy atom. The van der Waals surface area contributed by atoms with Gasteiger partial charge in [0, 0.05) is 37.7 Å². The zero-order valence-corrected chi connectivity index (χ0v) is 18.1. The van der Waals surface area contributed by atoms with E-state index in [-0.39, 0.29) is 17.4 Å². The molecule has 2 aromatic carbocycles. The van der Waals surface area contributed by atoms with Crippen LogP contribution in [0.15, 0.2) is 42.5 Å². The highest BCUT2D eigenvalue weighted by Crippen LogP contribution is 2.23. The molecule has 4 rings (SSSR count). The molecule has 0 spiro atoms. The highest BCUT2D eigenvalue weighted by Gasteiger charge is 2.27. The maximum Gasteiger partial charge on any atom is 0.256 e. The summed E-state index contributed by atoms with van der Waals surface area (Å²) >= 11 is 0. The third-order valence-corrected chi connectivity index (χ3v) is 6.17. The second kappa shape index (κ2) is 10.1. The van der Waals surface area contributed by atoms with Gasteiger partial charge in [0.25, 0.3) is 11.8 Å². The smallest absolute Gasteiger partial charge is 0.256 e. The van der Waals surface area contributed by atoms with E-state index in [0.29, 0.717) is 31.0 Å². The van der Waals surface area contributed by atoms with Crippen molar-refractivity contribution in [1.82, 2.24) is 9.80 Å². The van der Waals surface area contributed by atoms with Crippen LogP contribution in [0.2, 0.25) is 0 Å². The number of hydrogen-bond acceptors (Lipinski definition) is 3. The molecular weight excluding hydrogens is 414 g/mol. The van der Waals surface area contributed by atoms with Gasteiger partial charge in [0.1, 0.15) is 17.4 Å². The number of halogens is 2. The summed E-state index contributed by atoms with van der Waals surface area (Å²) in [5.74, 6) is -1.13. The number of amides is 2. The molecule has 0 bridgehead atoms. The molecule has 2 amide bonds. The van der Waals surface area contributed by atoms with Crippen molar-refractivity contribution in [2.45, 2.75) is 32.1 Å². The fourth-order valence-corrected chi connectivity index (χ4v) is 4.43. The largest absolute Gasteiger partial charge is 0.493 e. The first-order valence-corrected chi connectivity index (χ1v) is 11.3. The molecule has 0 aromatic heterocycles. The van der Waals surface area contributed by atoms with Crippen LogP contribution in [-0.4, -0.2) is 54.4 Å². The first-order chi connectivity index (χ1) is 15.5. The van der Waals surface area contributed by atoms with Crippen LogP contribution >= 0.6 is 0 Å². The summed E-state index contributed by atoms with van der Waals surface area (Å²) < 4.78 is 33.5. The average Bonchev–Trinajstić information content (AvgIpc) is 2.84. The molecule has 2 aliphatic rings. The molecule has 2 aromatic rings. The van der Waals surface area contributed by atoms with Gasteiger partial charge in [-0.05, 0) is 68.5 Å². The molecule has 32 heavy (non-hydrogen) atoms. The van der Waals surface area contributed by atoms with Crippen molar-refractivity contribution in [3.8, 4) is 5.75 Å². The van der Waals surface area contributed by atoms with Gasteiger partial charge >= 0.3 is 0 Å². The lowest BCUT2D eigenvalue weighted by atomic mass is 9.98. The first kappa shape index (κ1) is 22.2. The van der Waals surface area contributed by atoms with Gasteiger partial charge in [-0.15, -0.1) is 0 Å². The lowest BCUT2D eigenvalue weighted by Gasteiger charge is -2.32. The number of rotatable bonds is 5. The minimum Gasteiger partial charge on any atom is -0.493 e. The van der Waals surface area contributed by atoms with E-state index < -0.39 is 17.5 Å². The van der Waals surface area contributed by atoms with E-state index >= 15 is 0 Å². The highest BCUT2D eigenvalue weighted by atomic mass is 19.1. The summed E-state index contributed by atoms with van der Waals surface area (Å²) in [5, 5.41) is 0. The third-order valence-electron chi connectivity index (χ3n) is 6.17. The SMILES string of the molecule is O=C(c1cccc(OC[C@H]2CCCN(C(=O)c3cc(F)ccc3F)C2)c1)N1CCCCC1. The fourth-order valence-electron chi connectivity index (χ4n) is 4.43. The topological polar surface area (TPSA) is 49.9 Å². The van der Waals surface area contributed by atoms with Gasteiger partial charge in [-0.2, -0.15) is 0 Å². The van der Waals surface area contributed by atoms with Gasteiger partial charge in [0.2, 0.25) is 0 Å². The molecule has 0 radical (unpaired) electrons. The molecule has 0 unspecified atom stereocenters. The maximum atomic E-state index is 14.0. The molecule has 1 atom stereocenters. The molecule has 2 aliphatic heterocycles. The zero-order valence-electron chi connectivity index (χ0n) is 18.1. The van der Waals surface area contributed by atoms with Crippen LogP contribution in [0.5, 0.6) is 5.75 Å². The van der Waals surface area contributed by atoms with Gasteiger partial charge in [-0.1, -0.05) is 6.07 Å². The molecule has 5 nitrogen and oxygen atoms in total. The fraction of sp³-hybridized carbons (Fsp3) is 0.440. The van der Waals surface area contributed by atoms with Crippen LogP contribution in [0.1, 0.15) is 52.8 Å². The number of piperidine rings is 2. The van der Waals surface area contributed by atoms with E-state index in [1.165, 1.54) is 6.42 Å². The second-order valence-corrected chi connectivity index (χ2v) is 8.58. The number of nitrogens with zero attached hydrogens (tertiary/aromatic N) is 2. The summed E-state index contributed by atoms with van der Waals surface area (Å²) in [7, 11) is 0. The predicted octanol–water partition coefficient (Wildman–Crippen LogP) is 4.52. The highest BCUT2D eigenvalue weighted by molar-refractivity contribution is 5.95. The van der Waals surface area contributed by atoms with Crippen LogP contribution in [0.4, 0.5) is 8.78 Å². The van der Waals surface area contributed by atoms with E-state index in [1.54, 1.807) is 17.0 Å². The Kier molecular flexibility index (Phi) is 7.02. The van der Waals surface area contributed by atoms with Crippen molar-refractivity contribution in [3.05, 3.63) is 65.2 Å². The van der Waals surface area contributed by atoms with Gasteiger partial charge in [0.05, 0.1) is 12.2 Å². The Labute approximate surface area is 187 Å². The van der Waals surface area contributed by atoms with E-state index in [2.05, 4.69) is 0 Å². The molecule has 2 saturated heterocycles. The summed E-state index contributed by atoms with van der Waals surface area (Å²) in [4.78, 5) is 28.9. The van der Waals surface area contributed by atoms with E-state index in [4.69, 9.17) is 4.74 Å². The Bertz CT molecular complexity index is 975. The van der Waals surface area contributed by atoms with Gasteiger partial charge < -0.3 is 14.5 Å². The lowest BCUT2D eigenvalue weighted by molar-refractivity contribution is 0.0626. The number of carbonyl (C=O) groups is 2. The molecule has 0 N–H and O–H groups in total. The van der Waals surface area contributed by atoms with E-state index in [1.807, 2.05) is 17.0 Å². The quantitative estimate of drug-likeness (QED) is 0.684. The molecule has 7 heteroatoms. The molecular formula is C25H28F2N2O3. The minimum atomic E-state index is -0.718. The maximum absolute atomic E-state index is 14.0. The number of hydrogen-bond donors (Lipinski definition) is 0. The van der Waals surface area contributed by atoms with Crippen LogP contribution in [-0.2, 0) is 0 Å². The van der Waals surface area contributed by atoms with Crippen molar-refractivity contribution >= 4 is 11.8 Å². The Hall–Kier alpha value is -2.96. The van der Waals surface area contributed by atoms with Gasteiger partial charge in [-0.25, -0.2) is 8.78 Å². The molecule has 2 heterocycles. The van der Waals surface area contributed by atoms with E-state index in [9.17, 15) is 18.4 Å². The van der Waals surface area contributed by atoms with Crippen LogP contribution in [0.3, 0.4) is 0 Å². The third kappa shape index (κ3) is 5.26. The number of ether oxygens (including phenoxy) is 1. The van der Waals surface area contributed by atoms with Crippen molar-refractivity contribution in [3.63, 3.8) is 0 Å². The van der Waals surface area contributed by atoms with Crippen LogP contribution in [0, 0.1) is 17.6 Å². The first-order valence-electron chi connectivity index (χ1n) is 11.3. The Morgan fingerprint density at radius 1 is 0.906 bits per heavy atom. The summed E-state index contributed by atoms with van der Waals surface area (Å²) in [6, 6.07) is 10.1. The van der Waals surface area contributed by atoms with Crippen LogP contribution < -0.4 is 4.74 Å². The molecule has 170 valence electrons. The zero-order chi connectivity index (χ0) is 22.5. The molecule has 2 fully saturated rings. The normalized spacial score (nSPS) is 19.0. The predicted molar refractivity (Wildman–Crippen MR) is 117 cm³/mol. The molecule has 0 aliphatic carbocycles. The lowest BCUT2D eigenvalue weighted by Crippen LogP contribution is -2.42. The van der Waals surface area contributed by atoms with Gasteiger partial charge in [0.15, 0.2) is 0 Å².